The molecule has 0 radical (unpaired) electrons. The predicted molar refractivity (Wildman–Crippen MR) is 73.7 cm³/mol. The summed E-state index contributed by atoms with van der Waals surface area (Å²) < 4.78 is 1.69. The molecule has 1 N–H and O–H groups in total. The Morgan fingerprint density at radius 3 is 2.90 bits per heavy atom. The van der Waals surface area contributed by atoms with Crippen LogP contribution in [0.5, 0.6) is 0 Å². The van der Waals surface area contributed by atoms with E-state index in [2.05, 4.69) is 10.4 Å². The highest BCUT2D eigenvalue weighted by Crippen LogP contribution is 2.25. The second kappa shape index (κ2) is 5.40. The maximum Gasteiger partial charge on any atom is 0.287 e. The fourth-order valence-electron chi connectivity index (χ4n) is 1.92. The minimum absolute atomic E-state index is 0.0296. The minimum Gasteiger partial charge on any atom is -0.353 e. The van der Waals surface area contributed by atoms with Gasteiger partial charge in [-0.25, -0.2) is 0 Å². The number of hydrogen-bond donors (Lipinski definition) is 1. The van der Waals surface area contributed by atoms with Crippen LogP contribution in [0.15, 0.2) is 24.4 Å². The zero-order valence-corrected chi connectivity index (χ0v) is 11.1. The smallest absolute Gasteiger partial charge is 0.287 e. The molecule has 0 amide bonds. The second-order valence-electron chi connectivity index (χ2n) is 4.24. The van der Waals surface area contributed by atoms with Gasteiger partial charge in [-0.05, 0) is 18.6 Å². The Kier molecular flexibility index (Phi) is 3.66. The standard InChI is InChI=1S/C13H13N5O2/c1-3-11-12(8-17(2)16-11)15-10-4-5-13(18(19)20)9(6-10)7-14/h4-6,8,15H,3H2,1-2H3. The lowest BCUT2D eigenvalue weighted by atomic mass is 10.1. The van der Waals surface area contributed by atoms with Crippen LogP contribution in [0.4, 0.5) is 17.1 Å². The molecule has 2 aromatic rings. The topological polar surface area (TPSA) is 96.8 Å². The van der Waals surface area contributed by atoms with Gasteiger partial charge in [0.2, 0.25) is 0 Å². The summed E-state index contributed by atoms with van der Waals surface area (Å²) in [5.41, 5.74) is 2.17. The third kappa shape index (κ3) is 2.59. The number of nitrogens with one attached hydrogen (secondary N) is 1. The van der Waals surface area contributed by atoms with Gasteiger partial charge in [-0.15, -0.1) is 0 Å². The Balaban J connectivity index is 2.35. The Morgan fingerprint density at radius 1 is 1.55 bits per heavy atom. The summed E-state index contributed by atoms with van der Waals surface area (Å²) in [5, 5.41) is 27.2. The van der Waals surface area contributed by atoms with Crippen LogP contribution in [-0.4, -0.2) is 14.7 Å². The number of rotatable bonds is 4. The Morgan fingerprint density at radius 2 is 2.30 bits per heavy atom. The number of nitrogens with zero attached hydrogens (tertiary/aromatic N) is 4. The lowest BCUT2D eigenvalue weighted by molar-refractivity contribution is -0.385. The first kappa shape index (κ1) is 13.5. The molecule has 0 bridgehead atoms. The molecular weight excluding hydrogens is 258 g/mol. The van der Waals surface area contributed by atoms with Gasteiger partial charge in [0.25, 0.3) is 5.69 Å². The minimum atomic E-state index is -0.566. The van der Waals surface area contributed by atoms with E-state index in [0.717, 1.165) is 17.8 Å². The molecule has 1 heterocycles. The average molecular weight is 271 g/mol. The van der Waals surface area contributed by atoms with E-state index in [1.165, 1.54) is 12.1 Å². The predicted octanol–water partition coefficient (Wildman–Crippen LogP) is 2.51. The summed E-state index contributed by atoms with van der Waals surface area (Å²) in [6.45, 7) is 1.99. The highest BCUT2D eigenvalue weighted by Gasteiger charge is 2.14. The zero-order valence-electron chi connectivity index (χ0n) is 11.1. The first-order valence-corrected chi connectivity index (χ1v) is 6.03. The number of benzene rings is 1. The number of aromatic nitrogens is 2. The van der Waals surface area contributed by atoms with Crippen LogP contribution in [0, 0.1) is 21.4 Å². The molecule has 0 unspecified atom stereocenters. The van der Waals surface area contributed by atoms with E-state index in [4.69, 9.17) is 5.26 Å². The van der Waals surface area contributed by atoms with E-state index >= 15 is 0 Å². The van der Waals surface area contributed by atoms with E-state index < -0.39 is 4.92 Å². The van der Waals surface area contributed by atoms with Crippen molar-refractivity contribution in [1.29, 1.82) is 5.26 Å². The molecule has 20 heavy (non-hydrogen) atoms. The van der Waals surface area contributed by atoms with E-state index in [1.807, 2.05) is 26.2 Å². The molecule has 0 aliphatic rings. The normalized spacial score (nSPS) is 10.1. The Bertz CT molecular complexity index is 699. The molecule has 2 rings (SSSR count). The molecule has 7 heteroatoms. The molecule has 0 aliphatic heterocycles. The van der Waals surface area contributed by atoms with E-state index in [9.17, 15) is 10.1 Å². The summed E-state index contributed by atoms with van der Waals surface area (Å²) >= 11 is 0. The number of nitriles is 1. The van der Waals surface area contributed by atoms with Crippen LogP contribution < -0.4 is 5.32 Å². The fourth-order valence-corrected chi connectivity index (χ4v) is 1.92. The van der Waals surface area contributed by atoms with Gasteiger partial charge in [-0.1, -0.05) is 6.92 Å². The molecule has 0 saturated heterocycles. The molecule has 1 aromatic carbocycles. The van der Waals surface area contributed by atoms with Crippen LogP contribution in [0.25, 0.3) is 0 Å². The first-order valence-electron chi connectivity index (χ1n) is 6.03. The van der Waals surface area contributed by atoms with Crippen molar-refractivity contribution in [3.05, 3.63) is 45.8 Å². The number of aryl methyl sites for hydroxylation is 2. The molecular formula is C13H13N5O2. The highest BCUT2D eigenvalue weighted by atomic mass is 16.6. The SMILES string of the molecule is CCc1nn(C)cc1Nc1ccc([N+](=O)[O-])c(C#N)c1. The average Bonchev–Trinajstić information content (AvgIpc) is 2.78. The summed E-state index contributed by atoms with van der Waals surface area (Å²) in [7, 11) is 1.82. The van der Waals surface area contributed by atoms with Gasteiger partial charge in [-0.2, -0.15) is 10.4 Å². The summed E-state index contributed by atoms with van der Waals surface area (Å²) in [6, 6.07) is 6.19. The van der Waals surface area contributed by atoms with Crippen LogP contribution in [0.2, 0.25) is 0 Å². The number of nitro groups is 1. The van der Waals surface area contributed by atoms with Crippen molar-refractivity contribution in [3.63, 3.8) is 0 Å². The van der Waals surface area contributed by atoms with Gasteiger partial charge in [-0.3, -0.25) is 14.8 Å². The third-order valence-corrected chi connectivity index (χ3v) is 2.83. The molecule has 0 spiro atoms. The summed E-state index contributed by atoms with van der Waals surface area (Å²) in [4.78, 5) is 10.2. The molecule has 0 saturated carbocycles. The lowest BCUT2D eigenvalue weighted by Gasteiger charge is -2.06. The first-order chi connectivity index (χ1) is 9.55. The summed E-state index contributed by atoms with van der Waals surface area (Å²) in [6.07, 6.45) is 2.59. The molecule has 7 nitrogen and oxygen atoms in total. The maximum atomic E-state index is 10.8. The third-order valence-electron chi connectivity index (χ3n) is 2.83. The van der Waals surface area contributed by atoms with Crippen molar-refractivity contribution >= 4 is 17.1 Å². The van der Waals surface area contributed by atoms with Crippen molar-refractivity contribution in [1.82, 2.24) is 9.78 Å². The van der Waals surface area contributed by atoms with Gasteiger partial charge >= 0.3 is 0 Å². The Labute approximate surface area is 115 Å². The van der Waals surface area contributed by atoms with Crippen molar-refractivity contribution in [2.24, 2.45) is 7.05 Å². The molecule has 102 valence electrons. The number of hydrogen-bond acceptors (Lipinski definition) is 5. The Hall–Kier alpha value is -2.88. The van der Waals surface area contributed by atoms with Crippen molar-refractivity contribution in [2.75, 3.05) is 5.32 Å². The van der Waals surface area contributed by atoms with Gasteiger partial charge in [0.15, 0.2) is 0 Å². The van der Waals surface area contributed by atoms with Crippen LogP contribution >= 0.6 is 0 Å². The quantitative estimate of drug-likeness (QED) is 0.680. The molecule has 0 aliphatic carbocycles. The van der Waals surface area contributed by atoms with Crippen LogP contribution in [0.3, 0.4) is 0 Å². The molecule has 1 aromatic heterocycles. The maximum absolute atomic E-state index is 10.8. The highest BCUT2D eigenvalue weighted by molar-refractivity contribution is 5.66. The van der Waals surface area contributed by atoms with Crippen molar-refractivity contribution in [2.45, 2.75) is 13.3 Å². The van der Waals surface area contributed by atoms with Crippen LogP contribution in [0.1, 0.15) is 18.2 Å². The van der Waals surface area contributed by atoms with Crippen LogP contribution in [-0.2, 0) is 13.5 Å². The van der Waals surface area contributed by atoms with Gasteiger partial charge < -0.3 is 5.32 Å². The van der Waals surface area contributed by atoms with E-state index in [-0.39, 0.29) is 11.3 Å². The number of nitro benzene ring substituents is 1. The van der Waals surface area contributed by atoms with Crippen molar-refractivity contribution in [3.8, 4) is 6.07 Å². The monoisotopic (exact) mass is 271 g/mol. The van der Waals surface area contributed by atoms with Gasteiger partial charge in [0.1, 0.15) is 11.6 Å². The van der Waals surface area contributed by atoms with E-state index in [0.29, 0.717) is 5.69 Å². The van der Waals surface area contributed by atoms with Crippen molar-refractivity contribution < 1.29 is 4.92 Å². The molecule has 0 atom stereocenters. The fraction of sp³-hybridized carbons (Fsp3) is 0.231. The largest absolute Gasteiger partial charge is 0.353 e. The summed E-state index contributed by atoms with van der Waals surface area (Å²) in [5.74, 6) is 0. The zero-order chi connectivity index (χ0) is 14.7. The van der Waals surface area contributed by atoms with Gasteiger partial charge in [0.05, 0.1) is 16.3 Å². The second-order valence-corrected chi connectivity index (χ2v) is 4.24. The number of anilines is 2. The lowest BCUT2D eigenvalue weighted by Crippen LogP contribution is -1.96. The van der Waals surface area contributed by atoms with E-state index in [1.54, 1.807) is 10.7 Å². The molecule has 0 fully saturated rings. The van der Waals surface area contributed by atoms with Gasteiger partial charge in [0, 0.05) is 25.0 Å².